The highest BCUT2D eigenvalue weighted by atomic mass is 32.2. The summed E-state index contributed by atoms with van der Waals surface area (Å²) in [5, 5.41) is 30.9. The van der Waals surface area contributed by atoms with Crippen molar-refractivity contribution in [3.05, 3.63) is 45.4 Å². The van der Waals surface area contributed by atoms with Gasteiger partial charge in [0.15, 0.2) is 5.75 Å². The Kier molecular flexibility index (Phi) is 22.1. The number of unbranched alkanes of at least 4 members (excludes halogenated alkanes) is 2. The fourth-order valence-electron chi connectivity index (χ4n) is 8.64. The van der Waals surface area contributed by atoms with Gasteiger partial charge in [-0.1, -0.05) is 77.1 Å². The van der Waals surface area contributed by atoms with Gasteiger partial charge in [0.05, 0.1) is 24.6 Å². The van der Waals surface area contributed by atoms with Crippen LogP contribution in [0.2, 0.25) is 0 Å². The van der Waals surface area contributed by atoms with Crippen LogP contribution < -0.4 is 19.2 Å². The number of carbonyl (C=O) groups is 2. The number of nitrogens with zero attached hydrogens (tertiary/aromatic N) is 10. The summed E-state index contributed by atoms with van der Waals surface area (Å²) in [5.41, 5.74) is -3.00. The number of aromatic nitrogens is 4. The summed E-state index contributed by atoms with van der Waals surface area (Å²) >= 11 is 1.63. The average Bonchev–Trinajstić information content (AvgIpc) is 4.05. The molecule has 4 aromatic rings. The summed E-state index contributed by atoms with van der Waals surface area (Å²) in [4.78, 5) is 28.5. The SMILES string of the molecule is CCCCOC(=O)c1nnc(N=Nc2cc3c(cc2NS(=O)(=O)C(F)(F)F)N(C(CC)CC)C(C)CC3)s1.CCCCOC(=O)c1nnc(N=Nc2cc3c(cc2NS(=O)(=O)CC(F)(F)F)N(C(CC)CC)C(C)CC3)s1. The molecule has 2 N–H and O–H groups in total. The predicted octanol–water partition coefficient (Wildman–Crippen LogP) is 13.0. The molecule has 0 saturated heterocycles. The molecule has 2 unspecified atom stereocenters. The molecule has 0 aliphatic carbocycles. The Labute approximate surface area is 452 Å². The Morgan fingerprint density at radius 1 is 0.649 bits per heavy atom. The molecule has 0 fully saturated rings. The molecule has 77 heavy (non-hydrogen) atoms. The highest BCUT2D eigenvalue weighted by Gasteiger charge is 2.46. The number of nitrogens with one attached hydrogen (secondary N) is 2. The largest absolute Gasteiger partial charge is 0.516 e. The predicted molar refractivity (Wildman–Crippen MR) is 283 cm³/mol. The van der Waals surface area contributed by atoms with Crippen molar-refractivity contribution in [1.29, 1.82) is 0 Å². The first kappa shape index (κ1) is 62.2. The van der Waals surface area contributed by atoms with Crippen molar-refractivity contribution < 1.29 is 62.2 Å². The van der Waals surface area contributed by atoms with Gasteiger partial charge < -0.3 is 19.3 Å². The number of hydrogen-bond donors (Lipinski definition) is 2. The van der Waals surface area contributed by atoms with Crippen LogP contribution in [-0.2, 0) is 42.4 Å². The van der Waals surface area contributed by atoms with E-state index in [0.29, 0.717) is 31.4 Å². The Morgan fingerprint density at radius 2 is 1.05 bits per heavy atom. The maximum absolute atomic E-state index is 13.2. The van der Waals surface area contributed by atoms with E-state index < -0.39 is 49.4 Å². The molecule has 6 rings (SSSR count). The van der Waals surface area contributed by atoms with Gasteiger partial charge in [0.2, 0.25) is 20.0 Å². The van der Waals surface area contributed by atoms with Gasteiger partial charge in [0.25, 0.3) is 10.3 Å². The standard InChI is InChI=1S/C24H33F3N6O4S2.C23H31F3N6O4S2/c1-5-8-11-37-22(34)21-29-31-23(38-21)30-28-18-12-16-10-9-15(4)33(17(6-2)7-3)20(16)13-19(18)32-39(35,36)14-24(25,26)27;1-5-8-11-36-21(33)20-28-30-22(37-20)29-27-17-12-15-10-9-14(4)32(16(6-2)7-3)19(15)13-18(17)31-38(34,35)23(24,25)26/h12-13,15,17,32H,5-11,14H2,1-4H3;12-14,16,31H,5-11H2,1-4H3. The summed E-state index contributed by atoms with van der Waals surface area (Å²) in [6.45, 7) is 16.7. The molecule has 2 atom stereocenters. The molecular weight excluding hydrogens is 1100 g/mol. The van der Waals surface area contributed by atoms with E-state index in [1.54, 1.807) is 10.8 Å². The van der Waals surface area contributed by atoms with Gasteiger partial charge >= 0.3 is 33.6 Å². The number of ether oxygens (including phenoxy) is 2. The first-order valence-corrected chi connectivity index (χ1v) is 30.0. The topological polar surface area (TPSA) is 252 Å². The van der Waals surface area contributed by atoms with Gasteiger partial charge in [-0.2, -0.15) is 34.8 Å². The Bertz CT molecular complexity index is 2930. The van der Waals surface area contributed by atoms with Crippen LogP contribution in [0.4, 0.5) is 70.7 Å². The van der Waals surface area contributed by atoms with E-state index in [-0.39, 0.29) is 80.4 Å². The average molecular weight is 1170 g/mol. The molecule has 426 valence electrons. The van der Waals surface area contributed by atoms with Crippen LogP contribution in [0, 0.1) is 0 Å². The van der Waals surface area contributed by atoms with Crippen LogP contribution in [-0.4, -0.2) is 104 Å². The van der Waals surface area contributed by atoms with Crippen molar-refractivity contribution in [2.45, 2.75) is 168 Å². The normalized spacial score (nSPS) is 16.2. The van der Waals surface area contributed by atoms with E-state index in [1.165, 1.54) is 18.2 Å². The minimum atomic E-state index is -5.72. The minimum absolute atomic E-state index is 0.00606. The zero-order chi connectivity index (χ0) is 56.9. The second kappa shape index (κ2) is 27.3. The second-order valence-corrected chi connectivity index (χ2v) is 23.5. The molecule has 2 aliphatic rings. The van der Waals surface area contributed by atoms with E-state index in [4.69, 9.17) is 9.47 Å². The number of hydrogen-bond acceptors (Lipinski definition) is 20. The lowest BCUT2D eigenvalue weighted by Crippen LogP contribution is -2.44. The maximum Gasteiger partial charge on any atom is 0.516 e. The number of azo groups is 2. The lowest BCUT2D eigenvalue weighted by atomic mass is 9.92. The first-order valence-electron chi connectivity index (χ1n) is 25.2. The van der Waals surface area contributed by atoms with Crippen molar-refractivity contribution in [2.24, 2.45) is 20.5 Å². The Morgan fingerprint density at radius 3 is 1.42 bits per heavy atom. The van der Waals surface area contributed by atoms with Gasteiger partial charge in [-0.25, -0.2) is 18.0 Å². The monoisotopic (exact) mass is 1170 g/mol. The summed E-state index contributed by atoms with van der Waals surface area (Å²) in [6, 6.07) is 6.65. The van der Waals surface area contributed by atoms with Crippen molar-refractivity contribution >= 4 is 99.0 Å². The quantitative estimate of drug-likeness (QED) is 0.0303. The van der Waals surface area contributed by atoms with Crippen molar-refractivity contribution in [1.82, 2.24) is 20.4 Å². The van der Waals surface area contributed by atoms with Gasteiger partial charge in [-0.3, -0.25) is 9.44 Å². The number of rotatable bonds is 23. The number of benzene rings is 2. The van der Waals surface area contributed by atoms with Crippen molar-refractivity contribution in [3.8, 4) is 0 Å². The number of sulfonamides is 2. The van der Waals surface area contributed by atoms with Crippen LogP contribution in [0.15, 0.2) is 44.7 Å². The van der Waals surface area contributed by atoms with E-state index in [0.717, 1.165) is 90.9 Å². The fourth-order valence-corrected chi connectivity index (χ4v) is 11.3. The second-order valence-electron chi connectivity index (χ2n) is 18.2. The molecule has 0 bridgehead atoms. The van der Waals surface area contributed by atoms with Crippen molar-refractivity contribution in [3.63, 3.8) is 0 Å². The summed E-state index contributed by atoms with van der Waals surface area (Å²) in [6.07, 6.45) is 4.46. The van der Waals surface area contributed by atoms with Crippen LogP contribution in [0.3, 0.4) is 0 Å². The Balaban J connectivity index is 0.000000284. The third kappa shape index (κ3) is 16.9. The van der Waals surface area contributed by atoms with Gasteiger partial charge in [-0.15, -0.1) is 40.9 Å². The third-order valence-electron chi connectivity index (χ3n) is 12.5. The highest BCUT2D eigenvalue weighted by Crippen LogP contribution is 2.44. The maximum atomic E-state index is 13.2. The molecule has 2 aliphatic heterocycles. The number of aryl methyl sites for hydroxylation is 2. The van der Waals surface area contributed by atoms with Gasteiger partial charge in [0.1, 0.15) is 11.4 Å². The number of halogens is 6. The zero-order valence-corrected chi connectivity index (χ0v) is 47.1. The van der Waals surface area contributed by atoms with Crippen LogP contribution >= 0.6 is 22.7 Å². The minimum Gasteiger partial charge on any atom is -0.460 e. The number of anilines is 4. The molecule has 30 heteroatoms. The lowest BCUT2D eigenvalue weighted by molar-refractivity contribution is -0.106. The molecule has 0 radical (unpaired) electrons. The van der Waals surface area contributed by atoms with Crippen LogP contribution in [0.1, 0.15) is 150 Å². The molecule has 0 spiro atoms. The summed E-state index contributed by atoms with van der Waals surface area (Å²) in [7, 11) is -10.5. The van der Waals surface area contributed by atoms with E-state index in [9.17, 15) is 52.8 Å². The van der Waals surface area contributed by atoms with E-state index in [1.807, 2.05) is 34.6 Å². The number of alkyl halides is 6. The van der Waals surface area contributed by atoms with Crippen molar-refractivity contribution in [2.75, 3.05) is 38.2 Å². The Hall–Kier alpha value is -5.62. The van der Waals surface area contributed by atoms with E-state index in [2.05, 4.69) is 76.1 Å². The highest BCUT2D eigenvalue weighted by molar-refractivity contribution is 7.93. The molecular formula is C47H64F6N12O8S4. The van der Waals surface area contributed by atoms with Gasteiger partial charge in [0, 0.05) is 35.5 Å². The molecule has 0 saturated carbocycles. The number of fused-ring (bicyclic) bond motifs is 2. The summed E-state index contributed by atoms with van der Waals surface area (Å²) < 4.78 is 141. The third-order valence-corrected chi connectivity index (χ3v) is 16.4. The zero-order valence-electron chi connectivity index (χ0n) is 43.9. The molecule has 20 nitrogen and oxygen atoms in total. The molecule has 0 amide bonds. The first-order chi connectivity index (χ1) is 36.3. The smallest absolute Gasteiger partial charge is 0.460 e. The molecule has 2 aromatic carbocycles. The fraction of sp³-hybridized carbons (Fsp3) is 0.617. The van der Waals surface area contributed by atoms with Crippen LogP contribution in [0.5, 0.6) is 0 Å². The molecule has 4 heterocycles. The lowest BCUT2D eigenvalue weighted by Gasteiger charge is -2.42. The number of carbonyl (C=O) groups excluding carboxylic acids is 2. The van der Waals surface area contributed by atoms with Crippen LogP contribution in [0.25, 0.3) is 0 Å². The number of esters is 2. The molecule has 2 aromatic heterocycles. The summed E-state index contributed by atoms with van der Waals surface area (Å²) in [5.74, 6) is -3.35. The van der Waals surface area contributed by atoms with Gasteiger partial charge in [-0.05, 0) is 113 Å². The van der Waals surface area contributed by atoms with E-state index >= 15 is 0 Å².